The van der Waals surface area contributed by atoms with Crippen molar-refractivity contribution in [1.29, 1.82) is 0 Å². The first-order valence-corrected chi connectivity index (χ1v) is 14.0. The molecule has 0 unspecified atom stereocenters. The third-order valence-electron chi connectivity index (χ3n) is 9.26. The molecule has 0 amide bonds. The Labute approximate surface area is 226 Å². The number of nitro groups is 1. The fourth-order valence-corrected chi connectivity index (χ4v) is 7.52. The lowest BCUT2D eigenvalue weighted by molar-refractivity contribution is -0.383. The normalized spacial score (nSPS) is 24.9. The first kappa shape index (κ1) is 25.8. The lowest BCUT2D eigenvalue weighted by Crippen LogP contribution is -2.51. The molecule has 2 aliphatic carbocycles. The molecule has 1 saturated carbocycles. The van der Waals surface area contributed by atoms with Gasteiger partial charge in [-0.05, 0) is 88.3 Å². The minimum absolute atomic E-state index is 0.0612. The number of benzene rings is 3. The number of aryl methyl sites for hydroxylation is 1. The molecule has 0 spiro atoms. The zero-order valence-electron chi connectivity index (χ0n) is 22.4. The lowest BCUT2D eigenvalue weighted by atomic mass is 9.49. The number of fused-ring (bicyclic) bond motifs is 3. The number of hydrogen-bond donors (Lipinski definition) is 2. The van der Waals surface area contributed by atoms with E-state index in [0.717, 1.165) is 35.4 Å². The largest absolute Gasteiger partial charge is 0.379 e. The van der Waals surface area contributed by atoms with Gasteiger partial charge >= 0.3 is 0 Å². The van der Waals surface area contributed by atoms with Gasteiger partial charge in [0.2, 0.25) is 0 Å². The van der Waals surface area contributed by atoms with Gasteiger partial charge in [0.25, 0.3) is 5.69 Å². The molecule has 0 aromatic heterocycles. The predicted octanol–water partition coefficient (Wildman–Crippen LogP) is 8.80. The second-order valence-corrected chi connectivity index (χ2v) is 12.4. The van der Waals surface area contributed by atoms with Crippen molar-refractivity contribution in [3.8, 4) is 11.1 Å². The first-order chi connectivity index (χ1) is 17.6. The van der Waals surface area contributed by atoms with Crippen LogP contribution in [0.25, 0.3) is 11.1 Å². The molecule has 5 rings (SSSR count). The zero-order chi connectivity index (χ0) is 26.4. The maximum atomic E-state index is 12.1. The fourth-order valence-electron chi connectivity index (χ4n) is 7.23. The number of anilines is 1. The number of thiol groups is 1. The molecule has 37 heavy (non-hydrogen) atoms. The Hall–Kier alpha value is -2.79. The minimum atomic E-state index is -0.274. The van der Waals surface area contributed by atoms with E-state index in [4.69, 9.17) is 0 Å². The van der Waals surface area contributed by atoms with Gasteiger partial charge in [-0.3, -0.25) is 10.1 Å². The average Bonchev–Trinajstić information content (AvgIpc) is 2.87. The Morgan fingerprint density at radius 2 is 1.86 bits per heavy atom. The van der Waals surface area contributed by atoms with Gasteiger partial charge in [-0.2, -0.15) is 0 Å². The third kappa shape index (κ3) is 4.67. The molecule has 1 N–H and O–H groups in total. The maximum absolute atomic E-state index is 12.1. The van der Waals surface area contributed by atoms with Gasteiger partial charge in [-0.1, -0.05) is 76.6 Å². The predicted molar refractivity (Wildman–Crippen MR) is 156 cm³/mol. The van der Waals surface area contributed by atoms with E-state index >= 15 is 0 Å². The highest BCUT2D eigenvalue weighted by atomic mass is 32.1. The number of nitro benzene ring substituents is 1. The Kier molecular flexibility index (Phi) is 6.86. The van der Waals surface area contributed by atoms with Crippen LogP contribution in [0.3, 0.4) is 0 Å². The van der Waals surface area contributed by atoms with Crippen molar-refractivity contribution in [3.05, 3.63) is 87.5 Å². The summed E-state index contributed by atoms with van der Waals surface area (Å²) in [6.07, 6.45) is 5.81. The molecule has 1 fully saturated rings. The maximum Gasteiger partial charge on any atom is 0.292 e. The van der Waals surface area contributed by atoms with Crippen LogP contribution in [0.4, 0.5) is 11.4 Å². The van der Waals surface area contributed by atoms with E-state index < -0.39 is 0 Å². The molecule has 2 aliphatic rings. The van der Waals surface area contributed by atoms with E-state index in [9.17, 15) is 10.1 Å². The summed E-state index contributed by atoms with van der Waals surface area (Å²) in [7, 11) is 0. The number of hydrogen-bond acceptors (Lipinski definition) is 4. The molecule has 3 aromatic rings. The molecule has 0 bridgehead atoms. The van der Waals surface area contributed by atoms with Crippen LogP contribution in [0.2, 0.25) is 0 Å². The molecule has 4 nitrogen and oxygen atoms in total. The number of rotatable bonds is 6. The van der Waals surface area contributed by atoms with Gasteiger partial charge in [0.05, 0.1) is 4.92 Å². The fraction of sp³-hybridized carbons (Fsp3) is 0.438. The molecule has 0 aliphatic heterocycles. The van der Waals surface area contributed by atoms with Crippen LogP contribution in [0, 0.1) is 21.4 Å². The van der Waals surface area contributed by atoms with Crippen molar-refractivity contribution >= 4 is 24.0 Å². The summed E-state index contributed by atoms with van der Waals surface area (Å²) >= 11 is 4.54. The first-order valence-electron chi connectivity index (χ1n) is 13.6. The van der Waals surface area contributed by atoms with Crippen molar-refractivity contribution in [2.75, 3.05) is 11.9 Å². The molecule has 3 aromatic carbocycles. The molecular weight excluding hydrogens is 476 g/mol. The molecule has 5 heteroatoms. The van der Waals surface area contributed by atoms with Gasteiger partial charge < -0.3 is 5.32 Å². The monoisotopic (exact) mass is 514 g/mol. The van der Waals surface area contributed by atoms with Crippen LogP contribution in [-0.2, 0) is 11.8 Å². The summed E-state index contributed by atoms with van der Waals surface area (Å²) in [5.41, 5.74) is 7.11. The third-order valence-corrected chi connectivity index (χ3v) is 9.65. The van der Waals surface area contributed by atoms with E-state index in [-0.39, 0.29) is 21.4 Å². The Morgan fingerprint density at radius 1 is 1.08 bits per heavy atom. The minimum Gasteiger partial charge on any atom is -0.379 e. The summed E-state index contributed by atoms with van der Waals surface area (Å²) in [5.74, 6) is 1.08. The number of nitrogens with one attached hydrogen (secondary N) is 1. The second-order valence-electron chi connectivity index (χ2n) is 11.9. The van der Waals surface area contributed by atoms with Gasteiger partial charge in [0, 0.05) is 17.5 Å². The topological polar surface area (TPSA) is 55.2 Å². The highest BCUT2D eigenvalue weighted by molar-refractivity contribution is 7.80. The van der Waals surface area contributed by atoms with Crippen molar-refractivity contribution in [3.63, 3.8) is 0 Å². The van der Waals surface area contributed by atoms with Crippen molar-refractivity contribution < 1.29 is 4.92 Å². The smallest absolute Gasteiger partial charge is 0.292 e. The van der Waals surface area contributed by atoms with Gasteiger partial charge in [0.15, 0.2) is 0 Å². The van der Waals surface area contributed by atoms with Crippen LogP contribution in [0.5, 0.6) is 0 Å². The van der Waals surface area contributed by atoms with E-state index in [2.05, 4.69) is 63.8 Å². The van der Waals surface area contributed by atoms with E-state index in [0.29, 0.717) is 17.5 Å². The van der Waals surface area contributed by atoms with Crippen LogP contribution in [-0.4, -0.2) is 11.5 Å². The molecule has 194 valence electrons. The Morgan fingerprint density at radius 3 is 2.59 bits per heavy atom. The highest BCUT2D eigenvalue weighted by Gasteiger charge is 2.51. The van der Waals surface area contributed by atoms with Crippen LogP contribution < -0.4 is 5.32 Å². The zero-order valence-corrected chi connectivity index (χ0v) is 23.3. The van der Waals surface area contributed by atoms with Crippen LogP contribution in [0.1, 0.15) is 76.0 Å². The summed E-state index contributed by atoms with van der Waals surface area (Å²) in [5, 5.41) is 15.6. The molecule has 0 heterocycles. The van der Waals surface area contributed by atoms with Gasteiger partial charge in [0.1, 0.15) is 5.69 Å². The summed E-state index contributed by atoms with van der Waals surface area (Å²) in [6.45, 7) is 10.1. The lowest BCUT2D eigenvalue weighted by Gasteiger charge is -2.55. The highest BCUT2D eigenvalue weighted by Crippen LogP contribution is 2.57. The van der Waals surface area contributed by atoms with E-state index in [1.807, 2.05) is 36.4 Å². The summed E-state index contributed by atoms with van der Waals surface area (Å²) in [6, 6.07) is 20.4. The summed E-state index contributed by atoms with van der Waals surface area (Å²) < 4.78 is 0. The average molecular weight is 515 g/mol. The standard InChI is InChI=1S/C32H38N2O2S/c1-21(2)22-10-13-26-24(18-22)12-15-30-31(3,16-7-17-32(26,30)4)20-33-27-14-11-23(19-28(27)34(35)36)25-8-5-6-9-29(25)37/h5-6,8-11,13-14,18-19,21,30,33,37H,7,12,15-17,20H2,1-4H3/t30-,31+,32+/m0/s1. The van der Waals surface area contributed by atoms with Crippen molar-refractivity contribution in [2.24, 2.45) is 11.3 Å². The number of nitrogens with zero attached hydrogens (tertiary/aromatic N) is 1. The Balaban J connectivity index is 1.41. The van der Waals surface area contributed by atoms with E-state index in [1.54, 1.807) is 6.07 Å². The van der Waals surface area contributed by atoms with Crippen LogP contribution in [0.15, 0.2) is 65.6 Å². The Bertz CT molecular complexity index is 1340. The molecule has 0 radical (unpaired) electrons. The second kappa shape index (κ2) is 9.83. The molecule has 0 saturated heterocycles. The molecular formula is C32H38N2O2S. The SMILES string of the molecule is CC(C)c1ccc2c(c1)CC[C@H]1[C@@](C)(CNc3ccc(-c4ccccc4S)cc3[N+](=O)[O-])CCC[C@]21C. The van der Waals surface area contributed by atoms with E-state index in [1.165, 1.54) is 36.0 Å². The summed E-state index contributed by atoms with van der Waals surface area (Å²) in [4.78, 5) is 12.6. The quantitative estimate of drug-likeness (QED) is 0.196. The van der Waals surface area contributed by atoms with Crippen molar-refractivity contribution in [1.82, 2.24) is 0 Å². The van der Waals surface area contributed by atoms with Crippen molar-refractivity contribution in [2.45, 2.75) is 76.0 Å². The molecule has 3 atom stereocenters. The van der Waals surface area contributed by atoms with Gasteiger partial charge in [-0.25, -0.2) is 0 Å². The van der Waals surface area contributed by atoms with Gasteiger partial charge in [-0.15, -0.1) is 12.6 Å². The van der Waals surface area contributed by atoms with Crippen LogP contribution >= 0.6 is 12.6 Å².